The van der Waals surface area contributed by atoms with E-state index in [1.54, 1.807) is 6.21 Å². The number of carbonyl (C=O) groups is 1. The molecule has 108 valence electrons. The van der Waals surface area contributed by atoms with Crippen LogP contribution in [0.25, 0.3) is 6.08 Å². The van der Waals surface area contributed by atoms with Crippen molar-refractivity contribution in [2.75, 3.05) is 0 Å². The molecule has 1 heterocycles. The minimum absolute atomic E-state index is 0.0670. The summed E-state index contributed by atoms with van der Waals surface area (Å²) < 4.78 is 0. The van der Waals surface area contributed by atoms with Crippen LogP contribution >= 0.6 is 0 Å². The first kappa shape index (κ1) is 14.5. The van der Waals surface area contributed by atoms with Crippen LogP contribution in [0.3, 0.4) is 0 Å². The van der Waals surface area contributed by atoms with E-state index in [9.17, 15) is 9.59 Å². The Kier molecular flexibility index (Phi) is 4.87. The smallest absolute Gasteiger partial charge is 0.264 e. The van der Waals surface area contributed by atoms with Gasteiger partial charge in [-0.25, -0.2) is 5.43 Å². The maximum absolute atomic E-state index is 11.6. The fraction of sp³-hybridized carbons (Fsp3) is 0.133. The van der Waals surface area contributed by atoms with Crippen LogP contribution < -0.4 is 11.0 Å². The number of hydrazone groups is 1. The number of aromatic amines is 2. The Morgan fingerprint density at radius 2 is 2.05 bits per heavy atom. The number of H-pyrrole nitrogens is 2. The van der Waals surface area contributed by atoms with E-state index in [4.69, 9.17) is 0 Å². The minimum Gasteiger partial charge on any atom is -0.302 e. The van der Waals surface area contributed by atoms with E-state index in [0.29, 0.717) is 5.69 Å². The molecule has 6 nitrogen and oxygen atoms in total. The zero-order valence-corrected chi connectivity index (χ0v) is 11.6. The van der Waals surface area contributed by atoms with E-state index < -0.39 is 0 Å². The summed E-state index contributed by atoms with van der Waals surface area (Å²) in [6.45, 7) is 1.90. The first-order valence-corrected chi connectivity index (χ1v) is 6.45. The molecule has 2 aromatic rings. The van der Waals surface area contributed by atoms with Crippen molar-refractivity contribution in [3.63, 3.8) is 0 Å². The second-order valence-corrected chi connectivity index (χ2v) is 4.55. The van der Waals surface area contributed by atoms with Gasteiger partial charge in [0.05, 0.1) is 12.6 Å². The van der Waals surface area contributed by atoms with Crippen LogP contribution in [0, 0.1) is 0 Å². The van der Waals surface area contributed by atoms with Crippen LogP contribution in [0.4, 0.5) is 0 Å². The molecule has 6 heteroatoms. The number of carbonyl (C=O) groups excluding carboxylic acids is 1. The second kappa shape index (κ2) is 7.04. The zero-order valence-electron chi connectivity index (χ0n) is 11.6. The lowest BCUT2D eigenvalue weighted by Crippen LogP contribution is -2.20. The molecule has 0 atom stereocenters. The SMILES string of the molecule is CC(=C/c1ccccc1)/C=N/NC(=O)Cc1cc(=O)[nH][nH]1. The molecule has 1 amide bonds. The van der Waals surface area contributed by atoms with E-state index in [1.165, 1.54) is 6.07 Å². The van der Waals surface area contributed by atoms with Gasteiger partial charge in [-0.1, -0.05) is 36.4 Å². The third-order valence-corrected chi connectivity index (χ3v) is 2.65. The third-order valence-electron chi connectivity index (χ3n) is 2.65. The predicted molar refractivity (Wildman–Crippen MR) is 81.8 cm³/mol. The molecule has 0 aliphatic heterocycles. The molecule has 0 saturated heterocycles. The van der Waals surface area contributed by atoms with Gasteiger partial charge < -0.3 is 5.10 Å². The van der Waals surface area contributed by atoms with E-state index >= 15 is 0 Å². The highest BCUT2D eigenvalue weighted by molar-refractivity contribution is 5.86. The lowest BCUT2D eigenvalue weighted by atomic mass is 10.1. The van der Waals surface area contributed by atoms with E-state index in [1.807, 2.05) is 43.3 Å². The number of benzene rings is 1. The summed E-state index contributed by atoms with van der Waals surface area (Å²) in [5, 5.41) is 8.85. The first-order valence-electron chi connectivity index (χ1n) is 6.45. The summed E-state index contributed by atoms with van der Waals surface area (Å²) >= 11 is 0. The van der Waals surface area contributed by atoms with Gasteiger partial charge in [0, 0.05) is 11.8 Å². The largest absolute Gasteiger partial charge is 0.302 e. The lowest BCUT2D eigenvalue weighted by Gasteiger charge is -1.98. The molecule has 0 radical (unpaired) electrons. The van der Waals surface area contributed by atoms with Crippen LogP contribution in [-0.2, 0) is 11.2 Å². The van der Waals surface area contributed by atoms with Gasteiger partial charge in [-0.3, -0.25) is 14.7 Å². The minimum atomic E-state index is -0.297. The highest BCUT2D eigenvalue weighted by atomic mass is 16.2. The average molecular weight is 284 g/mol. The number of amides is 1. The maximum Gasteiger partial charge on any atom is 0.264 e. The summed E-state index contributed by atoms with van der Waals surface area (Å²) in [5.41, 5.74) is 4.65. The van der Waals surface area contributed by atoms with E-state index in [0.717, 1.165) is 11.1 Å². The van der Waals surface area contributed by atoms with Crippen molar-refractivity contribution >= 4 is 18.2 Å². The second-order valence-electron chi connectivity index (χ2n) is 4.55. The first-order chi connectivity index (χ1) is 10.1. The summed E-state index contributed by atoms with van der Waals surface area (Å²) in [5.74, 6) is -0.297. The highest BCUT2D eigenvalue weighted by Crippen LogP contribution is 2.04. The third kappa shape index (κ3) is 4.94. The number of aromatic nitrogens is 2. The van der Waals surface area contributed by atoms with Gasteiger partial charge in [-0.15, -0.1) is 0 Å². The standard InChI is InChI=1S/C15H16N4O2/c1-11(7-12-5-3-2-4-6-12)10-16-18-14(20)8-13-9-15(21)19-17-13/h2-7,9-10H,8H2,1H3,(H,18,20)(H2,17,19,21)/b11-7-,16-10+. The summed E-state index contributed by atoms with van der Waals surface area (Å²) in [6.07, 6.45) is 3.60. The Morgan fingerprint density at radius 3 is 2.71 bits per heavy atom. The number of rotatable bonds is 5. The van der Waals surface area contributed by atoms with Gasteiger partial charge >= 0.3 is 0 Å². The van der Waals surface area contributed by atoms with Crippen LogP contribution in [0.2, 0.25) is 0 Å². The van der Waals surface area contributed by atoms with E-state index in [-0.39, 0.29) is 17.9 Å². The van der Waals surface area contributed by atoms with Crippen LogP contribution in [0.5, 0.6) is 0 Å². The van der Waals surface area contributed by atoms with Gasteiger partial charge in [0.25, 0.3) is 5.56 Å². The van der Waals surface area contributed by atoms with Gasteiger partial charge in [-0.2, -0.15) is 5.10 Å². The van der Waals surface area contributed by atoms with Crippen LogP contribution in [-0.4, -0.2) is 22.3 Å². The highest BCUT2D eigenvalue weighted by Gasteiger charge is 2.03. The normalized spacial score (nSPS) is 11.8. The van der Waals surface area contributed by atoms with Crippen molar-refractivity contribution in [2.45, 2.75) is 13.3 Å². The Morgan fingerprint density at radius 1 is 1.29 bits per heavy atom. The number of hydrogen-bond acceptors (Lipinski definition) is 3. The van der Waals surface area contributed by atoms with Crippen molar-refractivity contribution in [1.29, 1.82) is 0 Å². The van der Waals surface area contributed by atoms with Gasteiger partial charge in [0.2, 0.25) is 5.91 Å². The number of nitrogens with one attached hydrogen (secondary N) is 3. The monoisotopic (exact) mass is 284 g/mol. The van der Waals surface area contributed by atoms with Crippen molar-refractivity contribution in [2.24, 2.45) is 5.10 Å². The Balaban J connectivity index is 1.85. The van der Waals surface area contributed by atoms with Gasteiger partial charge in [-0.05, 0) is 18.1 Å². The molecule has 1 aromatic heterocycles. The summed E-state index contributed by atoms with van der Waals surface area (Å²) in [7, 11) is 0. The summed E-state index contributed by atoms with van der Waals surface area (Å²) in [4.78, 5) is 22.5. The zero-order chi connectivity index (χ0) is 15.1. The van der Waals surface area contributed by atoms with Crippen molar-refractivity contribution in [1.82, 2.24) is 15.6 Å². The van der Waals surface area contributed by atoms with Crippen molar-refractivity contribution in [3.05, 3.63) is 63.6 Å². The fourth-order valence-corrected chi connectivity index (χ4v) is 1.74. The fourth-order valence-electron chi connectivity index (χ4n) is 1.74. The number of allylic oxidation sites excluding steroid dienone is 1. The van der Waals surface area contributed by atoms with Gasteiger partial charge in [0.1, 0.15) is 0 Å². The number of nitrogens with zero attached hydrogens (tertiary/aromatic N) is 1. The predicted octanol–water partition coefficient (Wildman–Crippen LogP) is 1.45. The lowest BCUT2D eigenvalue weighted by molar-refractivity contribution is -0.120. The Labute approximate surface area is 121 Å². The molecule has 1 aromatic carbocycles. The maximum atomic E-state index is 11.6. The van der Waals surface area contributed by atoms with Crippen LogP contribution in [0.1, 0.15) is 18.2 Å². The number of hydrogen-bond donors (Lipinski definition) is 3. The van der Waals surface area contributed by atoms with Crippen molar-refractivity contribution < 1.29 is 4.79 Å². The molecular weight excluding hydrogens is 268 g/mol. The molecule has 0 saturated carbocycles. The quantitative estimate of drug-likeness (QED) is 0.573. The van der Waals surface area contributed by atoms with E-state index in [2.05, 4.69) is 20.7 Å². The Bertz CT molecular complexity index is 711. The molecule has 0 aliphatic carbocycles. The molecule has 0 unspecified atom stereocenters. The Hall–Kier alpha value is -2.89. The molecule has 21 heavy (non-hydrogen) atoms. The molecule has 2 rings (SSSR count). The average Bonchev–Trinajstić information content (AvgIpc) is 2.85. The molecule has 0 aliphatic rings. The van der Waals surface area contributed by atoms with Crippen molar-refractivity contribution in [3.8, 4) is 0 Å². The topological polar surface area (TPSA) is 90.1 Å². The molecular formula is C15H16N4O2. The van der Waals surface area contributed by atoms with Gasteiger partial charge in [0.15, 0.2) is 0 Å². The molecule has 0 bridgehead atoms. The molecule has 0 spiro atoms. The molecule has 0 fully saturated rings. The summed E-state index contributed by atoms with van der Waals surface area (Å²) in [6, 6.07) is 11.2. The molecule has 3 N–H and O–H groups in total. The van der Waals surface area contributed by atoms with Crippen LogP contribution in [0.15, 0.2) is 51.9 Å².